The summed E-state index contributed by atoms with van der Waals surface area (Å²) < 4.78 is 43.0. The SMILES string of the molecule is COc1cc(OC)cc(C(=O)NN=Cc2ccc(CNS(=O)(=O)c3ccc(C)cc3)o2)c1. The zero-order chi connectivity index (χ0) is 23.1. The lowest BCUT2D eigenvalue weighted by molar-refractivity contribution is 0.0954. The van der Waals surface area contributed by atoms with Gasteiger partial charge in [0.05, 0.1) is 31.9 Å². The van der Waals surface area contributed by atoms with Crippen molar-refractivity contribution in [2.24, 2.45) is 5.10 Å². The second kappa shape index (κ2) is 10.1. The molecular weight excluding hydrogens is 434 g/mol. The summed E-state index contributed by atoms with van der Waals surface area (Å²) in [5.41, 5.74) is 3.67. The molecule has 0 aliphatic heterocycles. The highest BCUT2D eigenvalue weighted by molar-refractivity contribution is 7.89. The molecule has 2 aromatic carbocycles. The van der Waals surface area contributed by atoms with Gasteiger partial charge in [0.1, 0.15) is 23.0 Å². The lowest BCUT2D eigenvalue weighted by Gasteiger charge is -2.07. The number of carbonyl (C=O) groups excluding carboxylic acids is 1. The molecule has 0 aliphatic rings. The molecule has 3 rings (SSSR count). The van der Waals surface area contributed by atoms with E-state index in [4.69, 9.17) is 13.9 Å². The van der Waals surface area contributed by atoms with Gasteiger partial charge in [0.25, 0.3) is 5.91 Å². The number of sulfonamides is 1. The summed E-state index contributed by atoms with van der Waals surface area (Å²) >= 11 is 0. The number of hydrogen-bond donors (Lipinski definition) is 2. The fourth-order valence-electron chi connectivity index (χ4n) is 2.68. The number of amides is 1. The first-order chi connectivity index (χ1) is 15.3. The van der Waals surface area contributed by atoms with E-state index < -0.39 is 15.9 Å². The highest BCUT2D eigenvalue weighted by Crippen LogP contribution is 2.22. The van der Waals surface area contributed by atoms with Crippen LogP contribution >= 0.6 is 0 Å². The van der Waals surface area contributed by atoms with Crippen LogP contribution in [0.5, 0.6) is 11.5 Å². The molecule has 0 bridgehead atoms. The summed E-state index contributed by atoms with van der Waals surface area (Å²) in [5, 5.41) is 3.87. The molecule has 3 aromatic rings. The van der Waals surface area contributed by atoms with Crippen molar-refractivity contribution in [1.82, 2.24) is 10.1 Å². The Bertz CT molecular complexity index is 1190. The lowest BCUT2D eigenvalue weighted by atomic mass is 10.2. The standard InChI is InChI=1S/C22H23N3O6S/c1-15-4-8-21(9-5-15)32(27,28)24-14-18-7-6-17(31-18)13-23-25-22(26)16-10-19(29-2)12-20(11-16)30-3/h4-13,24H,14H2,1-3H3,(H,25,26). The Labute approximate surface area is 186 Å². The first-order valence-corrected chi connectivity index (χ1v) is 11.0. The molecule has 1 aromatic heterocycles. The van der Waals surface area contributed by atoms with E-state index in [1.54, 1.807) is 54.6 Å². The third-order valence-corrected chi connectivity index (χ3v) is 5.84. The number of benzene rings is 2. The molecule has 32 heavy (non-hydrogen) atoms. The Morgan fingerprint density at radius 2 is 1.69 bits per heavy atom. The number of aryl methyl sites for hydroxylation is 1. The summed E-state index contributed by atoms with van der Waals surface area (Å²) in [6.45, 7) is 1.85. The number of nitrogens with zero attached hydrogens (tertiary/aromatic N) is 1. The van der Waals surface area contributed by atoms with Gasteiger partial charge in [-0.25, -0.2) is 18.6 Å². The van der Waals surface area contributed by atoms with Crippen LogP contribution in [0.4, 0.5) is 0 Å². The van der Waals surface area contributed by atoms with Crippen molar-refractivity contribution in [2.75, 3.05) is 14.2 Å². The van der Waals surface area contributed by atoms with Gasteiger partial charge in [-0.1, -0.05) is 17.7 Å². The molecule has 2 N–H and O–H groups in total. The van der Waals surface area contributed by atoms with Gasteiger partial charge in [-0.3, -0.25) is 4.79 Å². The van der Waals surface area contributed by atoms with Crippen LogP contribution in [0.2, 0.25) is 0 Å². The van der Waals surface area contributed by atoms with Gasteiger partial charge in [-0.05, 0) is 43.3 Å². The highest BCUT2D eigenvalue weighted by Gasteiger charge is 2.14. The Hall–Kier alpha value is -3.63. The normalized spacial score (nSPS) is 11.5. The van der Waals surface area contributed by atoms with Crippen LogP contribution in [0.3, 0.4) is 0 Å². The number of carbonyl (C=O) groups is 1. The molecule has 0 spiro atoms. The van der Waals surface area contributed by atoms with Gasteiger partial charge in [0, 0.05) is 11.6 Å². The van der Waals surface area contributed by atoms with Crippen LogP contribution in [0.25, 0.3) is 0 Å². The van der Waals surface area contributed by atoms with E-state index in [1.807, 2.05) is 6.92 Å². The second-order valence-corrected chi connectivity index (χ2v) is 8.51. The van der Waals surface area contributed by atoms with E-state index in [2.05, 4.69) is 15.2 Å². The molecular formula is C22H23N3O6S. The van der Waals surface area contributed by atoms with Crippen LogP contribution in [0, 0.1) is 6.92 Å². The third-order valence-electron chi connectivity index (χ3n) is 4.42. The van der Waals surface area contributed by atoms with Gasteiger partial charge < -0.3 is 13.9 Å². The zero-order valence-corrected chi connectivity index (χ0v) is 18.6. The summed E-state index contributed by atoms with van der Waals surface area (Å²) in [7, 11) is -0.677. The molecule has 1 heterocycles. The van der Waals surface area contributed by atoms with Crippen LogP contribution in [-0.4, -0.2) is 34.8 Å². The number of ether oxygens (including phenoxy) is 2. The summed E-state index contributed by atoms with van der Waals surface area (Å²) in [5.74, 6) is 1.23. The van der Waals surface area contributed by atoms with Gasteiger partial charge in [0.2, 0.25) is 10.0 Å². The average Bonchev–Trinajstić information content (AvgIpc) is 3.25. The molecule has 0 fully saturated rings. The number of rotatable bonds is 9. The molecule has 0 atom stereocenters. The maximum atomic E-state index is 12.4. The van der Waals surface area contributed by atoms with E-state index in [9.17, 15) is 13.2 Å². The summed E-state index contributed by atoms with van der Waals surface area (Å²) in [6.07, 6.45) is 1.31. The summed E-state index contributed by atoms with van der Waals surface area (Å²) in [6, 6.07) is 14.5. The van der Waals surface area contributed by atoms with E-state index in [0.717, 1.165) is 5.56 Å². The minimum absolute atomic E-state index is 0.0278. The average molecular weight is 458 g/mol. The van der Waals surface area contributed by atoms with Gasteiger partial charge in [-0.2, -0.15) is 5.10 Å². The van der Waals surface area contributed by atoms with Crippen molar-refractivity contribution >= 4 is 22.1 Å². The molecule has 0 aliphatic carbocycles. The largest absolute Gasteiger partial charge is 0.497 e. The van der Waals surface area contributed by atoms with Crippen molar-refractivity contribution in [3.05, 3.63) is 77.2 Å². The van der Waals surface area contributed by atoms with Crippen LogP contribution in [0.1, 0.15) is 27.4 Å². The monoisotopic (exact) mass is 457 g/mol. The second-order valence-electron chi connectivity index (χ2n) is 6.74. The third kappa shape index (κ3) is 5.96. The Morgan fingerprint density at radius 3 is 2.31 bits per heavy atom. The molecule has 1 amide bonds. The van der Waals surface area contributed by atoms with E-state index in [-0.39, 0.29) is 11.4 Å². The molecule has 10 heteroatoms. The van der Waals surface area contributed by atoms with Crippen LogP contribution in [0.15, 0.2) is 69.0 Å². The summed E-state index contributed by atoms with van der Waals surface area (Å²) in [4.78, 5) is 12.5. The maximum Gasteiger partial charge on any atom is 0.271 e. The van der Waals surface area contributed by atoms with E-state index in [1.165, 1.54) is 20.4 Å². The zero-order valence-electron chi connectivity index (χ0n) is 17.8. The lowest BCUT2D eigenvalue weighted by Crippen LogP contribution is -2.22. The Balaban J connectivity index is 1.58. The smallest absolute Gasteiger partial charge is 0.271 e. The highest BCUT2D eigenvalue weighted by atomic mass is 32.2. The van der Waals surface area contributed by atoms with Gasteiger partial charge in [-0.15, -0.1) is 0 Å². The van der Waals surface area contributed by atoms with Crippen molar-refractivity contribution in [1.29, 1.82) is 0 Å². The molecule has 0 saturated heterocycles. The Kier molecular flexibility index (Phi) is 7.29. The predicted octanol–water partition coefficient (Wildman–Crippen LogP) is 2.85. The number of hydrazone groups is 1. The predicted molar refractivity (Wildman–Crippen MR) is 119 cm³/mol. The first-order valence-electron chi connectivity index (χ1n) is 9.52. The number of methoxy groups -OCH3 is 2. The molecule has 168 valence electrons. The van der Waals surface area contributed by atoms with E-state index in [0.29, 0.717) is 28.6 Å². The molecule has 0 radical (unpaired) electrons. The number of nitrogens with one attached hydrogen (secondary N) is 2. The quantitative estimate of drug-likeness (QED) is 0.377. The first kappa shape index (κ1) is 23.0. The van der Waals surface area contributed by atoms with Crippen LogP contribution < -0.4 is 19.6 Å². The van der Waals surface area contributed by atoms with Crippen molar-refractivity contribution in [3.63, 3.8) is 0 Å². The van der Waals surface area contributed by atoms with Crippen molar-refractivity contribution in [2.45, 2.75) is 18.4 Å². The van der Waals surface area contributed by atoms with E-state index >= 15 is 0 Å². The molecule has 0 saturated carbocycles. The molecule has 9 nitrogen and oxygen atoms in total. The topological polar surface area (TPSA) is 119 Å². The minimum atomic E-state index is -3.66. The van der Waals surface area contributed by atoms with Crippen molar-refractivity contribution < 1.29 is 27.1 Å². The minimum Gasteiger partial charge on any atom is -0.497 e. The molecule has 0 unspecified atom stereocenters. The fourth-order valence-corrected chi connectivity index (χ4v) is 3.68. The maximum absolute atomic E-state index is 12.4. The van der Waals surface area contributed by atoms with Gasteiger partial charge in [0.15, 0.2) is 0 Å². The number of hydrogen-bond acceptors (Lipinski definition) is 7. The number of furan rings is 1. The van der Waals surface area contributed by atoms with Crippen LogP contribution in [-0.2, 0) is 16.6 Å². The van der Waals surface area contributed by atoms with Gasteiger partial charge >= 0.3 is 0 Å². The Morgan fingerprint density at radius 1 is 1.03 bits per heavy atom. The fraction of sp³-hybridized carbons (Fsp3) is 0.182. The van der Waals surface area contributed by atoms with Crippen molar-refractivity contribution in [3.8, 4) is 11.5 Å².